The van der Waals surface area contributed by atoms with Crippen LogP contribution < -0.4 is 5.73 Å². The molecule has 1 aliphatic carbocycles. The quantitative estimate of drug-likeness (QED) is 0.728. The van der Waals surface area contributed by atoms with E-state index in [2.05, 4.69) is 67.7 Å². The largest absolute Gasteiger partial charge is 0.394 e. The Morgan fingerprint density at radius 3 is 1.62 bits per heavy atom. The van der Waals surface area contributed by atoms with Crippen LogP contribution in [0.1, 0.15) is 48.0 Å². The van der Waals surface area contributed by atoms with Gasteiger partial charge in [0.2, 0.25) is 0 Å². The highest BCUT2D eigenvalue weighted by Gasteiger charge is 2.65. The maximum absolute atomic E-state index is 9.94. The van der Waals surface area contributed by atoms with Crippen molar-refractivity contribution >= 4 is 16.1 Å². The van der Waals surface area contributed by atoms with Gasteiger partial charge in [0.05, 0.1) is 22.8 Å². The van der Waals surface area contributed by atoms with Crippen molar-refractivity contribution in [3.05, 3.63) is 0 Å². The second-order valence-corrected chi connectivity index (χ2v) is 21.9. The maximum atomic E-state index is 9.94. The molecule has 0 aromatic heterocycles. The Morgan fingerprint density at radius 1 is 0.952 bits per heavy atom. The molecule has 1 fully saturated rings. The summed E-state index contributed by atoms with van der Waals surface area (Å²) in [5.74, 6) is 0. The molecular formula is C17H39NOSi2. The lowest BCUT2D eigenvalue weighted by molar-refractivity contribution is 0.117. The Kier molecular flexibility index (Phi) is 4.79. The van der Waals surface area contributed by atoms with Crippen LogP contribution in [-0.2, 0) is 0 Å². The van der Waals surface area contributed by atoms with Gasteiger partial charge in [-0.2, -0.15) is 0 Å². The number of hydrogen-bond acceptors (Lipinski definition) is 2. The second-order valence-electron chi connectivity index (χ2n) is 10.6. The van der Waals surface area contributed by atoms with Crippen molar-refractivity contribution in [1.82, 2.24) is 0 Å². The summed E-state index contributed by atoms with van der Waals surface area (Å²) in [5.41, 5.74) is 7.62. The van der Waals surface area contributed by atoms with Crippen LogP contribution in [0.15, 0.2) is 0 Å². The van der Waals surface area contributed by atoms with Gasteiger partial charge in [0, 0.05) is 5.54 Å². The number of hydrogen-bond donors (Lipinski definition) is 2. The predicted molar refractivity (Wildman–Crippen MR) is 101 cm³/mol. The minimum Gasteiger partial charge on any atom is -0.394 e. The highest BCUT2D eigenvalue weighted by atomic mass is 28.3. The molecule has 0 saturated heterocycles. The normalized spacial score (nSPS) is 32.0. The molecule has 2 nitrogen and oxygen atoms in total. The molecule has 0 unspecified atom stereocenters. The van der Waals surface area contributed by atoms with Gasteiger partial charge in [-0.3, -0.25) is 0 Å². The van der Waals surface area contributed by atoms with Gasteiger partial charge in [-0.15, -0.1) is 0 Å². The lowest BCUT2D eigenvalue weighted by atomic mass is 9.76. The average Bonchev–Trinajstić information content (AvgIpc) is 2.21. The molecule has 0 spiro atoms. The molecule has 126 valence electrons. The highest BCUT2D eigenvalue weighted by Crippen LogP contribution is 2.67. The van der Waals surface area contributed by atoms with Crippen LogP contribution in [0.3, 0.4) is 0 Å². The number of nitrogens with two attached hydrogens (primary N) is 1. The molecule has 3 atom stereocenters. The van der Waals surface area contributed by atoms with Crippen LogP contribution in [-0.4, -0.2) is 33.4 Å². The molecule has 0 radical (unpaired) electrons. The average molecular weight is 330 g/mol. The Hall–Kier alpha value is 0.354. The first kappa shape index (κ1) is 19.4. The first-order chi connectivity index (χ1) is 9.02. The predicted octanol–water partition coefficient (Wildman–Crippen LogP) is 4.84. The van der Waals surface area contributed by atoms with Crippen molar-refractivity contribution in [3.63, 3.8) is 0 Å². The third-order valence-corrected chi connectivity index (χ3v) is 20.5. The van der Waals surface area contributed by atoms with E-state index in [-0.39, 0.29) is 12.1 Å². The Bertz CT molecular complexity index is 393. The third-order valence-electron chi connectivity index (χ3n) is 7.49. The summed E-state index contributed by atoms with van der Waals surface area (Å²) in [6.07, 6.45) is 1.02. The van der Waals surface area contributed by atoms with Crippen LogP contribution in [0.5, 0.6) is 0 Å². The summed E-state index contributed by atoms with van der Waals surface area (Å²) in [6.45, 7) is 24.5. The second kappa shape index (κ2) is 5.18. The lowest BCUT2D eigenvalue weighted by Gasteiger charge is -2.66. The fourth-order valence-electron chi connectivity index (χ4n) is 3.97. The summed E-state index contributed by atoms with van der Waals surface area (Å²) >= 11 is 0. The van der Waals surface area contributed by atoms with Gasteiger partial charge in [-0.1, -0.05) is 67.7 Å². The minimum atomic E-state index is -1.58. The topological polar surface area (TPSA) is 46.2 Å². The highest BCUT2D eigenvalue weighted by molar-refractivity contribution is 6.88. The monoisotopic (exact) mass is 329 g/mol. The molecule has 1 rings (SSSR count). The first-order valence-electron chi connectivity index (χ1n) is 8.42. The molecule has 0 heterocycles. The van der Waals surface area contributed by atoms with Gasteiger partial charge >= 0.3 is 0 Å². The van der Waals surface area contributed by atoms with Crippen LogP contribution in [0.4, 0.5) is 0 Å². The number of aliphatic hydroxyl groups excluding tert-OH is 1. The van der Waals surface area contributed by atoms with E-state index in [1.165, 1.54) is 0 Å². The molecule has 1 aliphatic rings. The van der Waals surface area contributed by atoms with Crippen LogP contribution in [0.25, 0.3) is 0 Å². The summed E-state index contributed by atoms with van der Waals surface area (Å²) in [7, 11) is -3.01. The Labute approximate surface area is 134 Å². The van der Waals surface area contributed by atoms with Gasteiger partial charge in [0.15, 0.2) is 0 Å². The molecule has 0 bridgehead atoms. The zero-order valence-electron chi connectivity index (χ0n) is 16.1. The van der Waals surface area contributed by atoms with Gasteiger partial charge in [0.25, 0.3) is 0 Å². The van der Waals surface area contributed by atoms with E-state index < -0.39 is 16.1 Å². The summed E-state index contributed by atoms with van der Waals surface area (Å²) in [5, 5.41) is 10.6. The number of rotatable bonds is 3. The van der Waals surface area contributed by atoms with Gasteiger partial charge in [-0.25, -0.2) is 0 Å². The van der Waals surface area contributed by atoms with E-state index in [1.54, 1.807) is 0 Å². The van der Waals surface area contributed by atoms with E-state index in [0.717, 1.165) is 12.0 Å². The maximum Gasteiger partial charge on any atom is 0.0611 e. The van der Waals surface area contributed by atoms with Gasteiger partial charge in [0.1, 0.15) is 0 Å². The Balaban J connectivity index is 3.28. The number of aliphatic hydroxyl groups is 1. The fraction of sp³-hybridized carbons (Fsp3) is 1.00. The smallest absolute Gasteiger partial charge is 0.0611 e. The van der Waals surface area contributed by atoms with Gasteiger partial charge in [-0.05, 0) is 27.6 Å². The van der Waals surface area contributed by atoms with Gasteiger partial charge < -0.3 is 10.8 Å². The lowest BCUT2D eigenvalue weighted by Crippen LogP contribution is -2.71. The SMILES string of the molecule is CC(C)(C)[Si](C)(C)[C@@H]1C[C@@](N)(CO)[C@H]1[Si](C)(C)C(C)(C)C. The molecule has 21 heavy (non-hydrogen) atoms. The van der Waals surface area contributed by atoms with Crippen LogP contribution in [0.2, 0.25) is 47.3 Å². The fourth-order valence-corrected chi connectivity index (χ4v) is 13.3. The van der Waals surface area contributed by atoms with Crippen molar-refractivity contribution in [3.8, 4) is 0 Å². The first-order valence-corrected chi connectivity index (χ1v) is 14.6. The molecule has 3 N–H and O–H groups in total. The summed E-state index contributed by atoms with van der Waals surface area (Å²) in [4.78, 5) is 0. The summed E-state index contributed by atoms with van der Waals surface area (Å²) in [6, 6.07) is 0. The van der Waals surface area contributed by atoms with Crippen molar-refractivity contribution in [2.24, 2.45) is 5.73 Å². The zero-order chi connectivity index (χ0) is 17.1. The summed E-state index contributed by atoms with van der Waals surface area (Å²) < 4.78 is 0. The molecular weight excluding hydrogens is 290 g/mol. The van der Waals surface area contributed by atoms with Crippen LogP contribution >= 0.6 is 0 Å². The molecule has 0 aromatic rings. The van der Waals surface area contributed by atoms with Crippen molar-refractivity contribution in [2.75, 3.05) is 6.61 Å². The van der Waals surface area contributed by atoms with Crippen molar-refractivity contribution < 1.29 is 5.11 Å². The molecule has 0 aliphatic heterocycles. The van der Waals surface area contributed by atoms with Crippen molar-refractivity contribution in [1.29, 1.82) is 0 Å². The van der Waals surface area contributed by atoms with E-state index >= 15 is 0 Å². The molecule has 4 heteroatoms. The van der Waals surface area contributed by atoms with E-state index in [4.69, 9.17) is 5.73 Å². The zero-order valence-corrected chi connectivity index (χ0v) is 18.1. The molecule has 1 saturated carbocycles. The van der Waals surface area contributed by atoms with E-state index in [0.29, 0.717) is 15.6 Å². The van der Waals surface area contributed by atoms with E-state index in [1.807, 2.05) is 0 Å². The molecule has 0 aromatic carbocycles. The Morgan fingerprint density at radius 2 is 1.33 bits per heavy atom. The standard InChI is InChI=1S/C17H39NOSi2/c1-15(2,3)20(7,8)13-11-17(18,12-19)14(13)21(9,10)16(4,5)6/h13-14,19H,11-12,18H2,1-10H3/t13-,14+,17-/m1/s1. The van der Waals surface area contributed by atoms with Crippen LogP contribution in [0, 0.1) is 0 Å². The minimum absolute atomic E-state index is 0.148. The van der Waals surface area contributed by atoms with Crippen molar-refractivity contribution in [2.45, 2.75) is 101 Å². The third kappa shape index (κ3) is 2.93. The molecule has 0 amide bonds. The van der Waals surface area contributed by atoms with E-state index in [9.17, 15) is 5.11 Å².